The second kappa shape index (κ2) is 11.9. The van der Waals surface area contributed by atoms with Gasteiger partial charge in [0, 0.05) is 17.5 Å². The molecule has 1 heterocycles. The molecule has 1 aromatic heterocycles. The smallest absolute Gasteiger partial charge is 0.254 e. The van der Waals surface area contributed by atoms with Crippen molar-refractivity contribution in [2.75, 3.05) is 18.4 Å². The molecule has 0 aliphatic rings. The summed E-state index contributed by atoms with van der Waals surface area (Å²) in [5.74, 6) is -0.649. The minimum atomic E-state index is -0.323. The van der Waals surface area contributed by atoms with Gasteiger partial charge in [-0.1, -0.05) is 55.5 Å². The molecule has 0 saturated heterocycles. The maximum Gasteiger partial charge on any atom is 0.254 e. The third-order valence-electron chi connectivity index (χ3n) is 4.95. The molecule has 0 radical (unpaired) electrons. The molecule has 0 aliphatic carbocycles. The van der Waals surface area contributed by atoms with E-state index in [1.165, 1.54) is 16.2 Å². The van der Waals surface area contributed by atoms with Gasteiger partial charge in [0.1, 0.15) is 6.54 Å². The predicted molar refractivity (Wildman–Crippen MR) is 130 cm³/mol. The summed E-state index contributed by atoms with van der Waals surface area (Å²) in [5, 5.41) is 7.85. The number of aromatic nitrogens is 1. The topological polar surface area (TPSA) is 91.4 Å². The number of carbonyl (C=O) groups excluding carboxylic acids is 3. The van der Waals surface area contributed by atoms with Crippen LogP contribution < -0.4 is 10.6 Å². The molecule has 0 bridgehead atoms. The summed E-state index contributed by atoms with van der Waals surface area (Å²) < 4.78 is 0. The predicted octanol–water partition coefficient (Wildman–Crippen LogP) is 4.05. The lowest BCUT2D eigenvalue weighted by molar-refractivity contribution is -0.121. The van der Waals surface area contributed by atoms with Crippen LogP contribution in [0.25, 0.3) is 0 Å². The molecular formula is C25H28N4O3S. The van der Waals surface area contributed by atoms with Gasteiger partial charge in [-0.25, -0.2) is 4.98 Å². The summed E-state index contributed by atoms with van der Waals surface area (Å²) in [7, 11) is 0. The second-order valence-corrected chi connectivity index (χ2v) is 8.52. The molecule has 0 fully saturated rings. The molecule has 0 saturated carbocycles. The minimum Gasteiger partial charge on any atom is -0.349 e. The second-order valence-electron chi connectivity index (χ2n) is 7.66. The van der Waals surface area contributed by atoms with Crippen molar-refractivity contribution < 1.29 is 14.4 Å². The Morgan fingerprint density at radius 1 is 1.00 bits per heavy atom. The van der Waals surface area contributed by atoms with Gasteiger partial charge in [0.15, 0.2) is 5.13 Å². The number of rotatable bonds is 10. The van der Waals surface area contributed by atoms with Crippen LogP contribution in [0, 0.1) is 0 Å². The highest BCUT2D eigenvalue weighted by atomic mass is 32.1. The van der Waals surface area contributed by atoms with E-state index in [4.69, 9.17) is 0 Å². The van der Waals surface area contributed by atoms with Gasteiger partial charge in [0.05, 0.1) is 18.2 Å². The van der Waals surface area contributed by atoms with E-state index in [-0.39, 0.29) is 36.7 Å². The molecule has 3 rings (SSSR count). The summed E-state index contributed by atoms with van der Waals surface area (Å²) in [5.41, 5.74) is 2.16. The maximum absolute atomic E-state index is 12.7. The van der Waals surface area contributed by atoms with Crippen molar-refractivity contribution in [1.82, 2.24) is 15.2 Å². The lowest BCUT2D eigenvalue weighted by atomic mass is 10.1. The van der Waals surface area contributed by atoms with Crippen molar-refractivity contribution >= 4 is 34.2 Å². The molecule has 172 valence electrons. The zero-order valence-electron chi connectivity index (χ0n) is 18.8. The van der Waals surface area contributed by atoms with Crippen molar-refractivity contribution in [3.8, 4) is 0 Å². The Kier molecular flexibility index (Phi) is 8.71. The van der Waals surface area contributed by atoms with E-state index in [1.54, 1.807) is 29.6 Å². The number of benzene rings is 2. The molecule has 0 aliphatic heterocycles. The summed E-state index contributed by atoms with van der Waals surface area (Å²) in [4.78, 5) is 43.5. The quantitative estimate of drug-likeness (QED) is 0.473. The van der Waals surface area contributed by atoms with Crippen molar-refractivity contribution in [3.05, 3.63) is 82.9 Å². The highest BCUT2D eigenvalue weighted by Crippen LogP contribution is 2.17. The number of nitrogens with one attached hydrogen (secondary N) is 2. The van der Waals surface area contributed by atoms with E-state index in [1.807, 2.05) is 50.2 Å². The van der Waals surface area contributed by atoms with Crippen LogP contribution in [0.3, 0.4) is 0 Å². The first-order valence-electron chi connectivity index (χ1n) is 10.9. The van der Waals surface area contributed by atoms with Crippen LogP contribution >= 0.6 is 11.3 Å². The van der Waals surface area contributed by atoms with Crippen LogP contribution in [0.1, 0.15) is 47.9 Å². The fourth-order valence-corrected chi connectivity index (χ4v) is 4.07. The van der Waals surface area contributed by atoms with Crippen LogP contribution in [0.15, 0.2) is 66.0 Å². The molecule has 0 spiro atoms. The van der Waals surface area contributed by atoms with E-state index in [0.29, 0.717) is 22.9 Å². The van der Waals surface area contributed by atoms with Gasteiger partial charge in [-0.3, -0.25) is 14.4 Å². The van der Waals surface area contributed by atoms with E-state index < -0.39 is 0 Å². The molecule has 2 N–H and O–H groups in total. The molecule has 1 unspecified atom stereocenters. The highest BCUT2D eigenvalue weighted by Gasteiger charge is 2.19. The maximum atomic E-state index is 12.7. The van der Waals surface area contributed by atoms with Crippen molar-refractivity contribution in [2.24, 2.45) is 0 Å². The zero-order chi connectivity index (χ0) is 23.6. The molecule has 3 aromatic rings. The first-order valence-corrected chi connectivity index (χ1v) is 11.8. The number of amides is 3. The number of nitrogens with zero attached hydrogens (tertiary/aromatic N) is 2. The van der Waals surface area contributed by atoms with Crippen molar-refractivity contribution in [3.63, 3.8) is 0 Å². The lowest BCUT2D eigenvalue weighted by Gasteiger charge is -2.21. The molecular weight excluding hydrogens is 436 g/mol. The molecule has 7 nitrogen and oxygen atoms in total. The largest absolute Gasteiger partial charge is 0.349 e. The highest BCUT2D eigenvalue weighted by molar-refractivity contribution is 7.13. The summed E-state index contributed by atoms with van der Waals surface area (Å²) in [6.45, 7) is 4.30. The van der Waals surface area contributed by atoms with Crippen LogP contribution in [-0.2, 0) is 16.0 Å². The first kappa shape index (κ1) is 24.1. The molecule has 33 heavy (non-hydrogen) atoms. The SMILES string of the molecule is CCCN(CC(=O)Nc1nc(CC(=O)NC(C)c2ccccc2)cs1)C(=O)c1ccccc1. The number of thiazole rings is 1. The van der Waals surface area contributed by atoms with Gasteiger partial charge in [0.25, 0.3) is 5.91 Å². The normalized spacial score (nSPS) is 11.5. The standard InChI is InChI=1S/C25H28N4O3S/c1-3-14-29(24(32)20-12-8-5-9-13-20)16-23(31)28-25-27-21(17-33-25)15-22(30)26-18(2)19-10-6-4-7-11-19/h4-13,17-18H,3,14-16H2,1-2H3,(H,26,30)(H,27,28,31). The Hall–Kier alpha value is -3.52. The number of hydrogen-bond acceptors (Lipinski definition) is 5. The Morgan fingerprint density at radius 2 is 1.67 bits per heavy atom. The summed E-state index contributed by atoms with van der Waals surface area (Å²) >= 11 is 1.25. The van der Waals surface area contributed by atoms with Crippen LogP contribution in [-0.4, -0.2) is 40.7 Å². The monoisotopic (exact) mass is 464 g/mol. The Balaban J connectivity index is 1.53. The lowest BCUT2D eigenvalue weighted by Crippen LogP contribution is -2.38. The molecule has 1 atom stereocenters. The fourth-order valence-electron chi connectivity index (χ4n) is 3.35. The van der Waals surface area contributed by atoms with E-state index in [2.05, 4.69) is 15.6 Å². The third-order valence-corrected chi connectivity index (χ3v) is 5.76. The van der Waals surface area contributed by atoms with Crippen LogP contribution in [0.4, 0.5) is 5.13 Å². The molecule has 2 aromatic carbocycles. The molecule has 3 amide bonds. The van der Waals surface area contributed by atoms with Crippen LogP contribution in [0.5, 0.6) is 0 Å². The summed E-state index contributed by atoms with van der Waals surface area (Å²) in [6, 6.07) is 18.5. The Labute approximate surface area is 197 Å². The number of hydrogen-bond donors (Lipinski definition) is 2. The van der Waals surface area contributed by atoms with E-state index in [9.17, 15) is 14.4 Å². The van der Waals surface area contributed by atoms with Gasteiger partial charge in [-0.2, -0.15) is 0 Å². The molecule has 8 heteroatoms. The third kappa shape index (κ3) is 7.25. The number of anilines is 1. The van der Waals surface area contributed by atoms with Gasteiger partial charge in [0.2, 0.25) is 11.8 Å². The van der Waals surface area contributed by atoms with E-state index in [0.717, 1.165) is 12.0 Å². The van der Waals surface area contributed by atoms with Gasteiger partial charge in [-0.15, -0.1) is 11.3 Å². The average molecular weight is 465 g/mol. The Morgan fingerprint density at radius 3 is 2.33 bits per heavy atom. The van der Waals surface area contributed by atoms with Crippen LogP contribution in [0.2, 0.25) is 0 Å². The van der Waals surface area contributed by atoms with Gasteiger partial charge in [-0.05, 0) is 31.0 Å². The Bertz CT molecular complexity index is 1070. The first-order chi connectivity index (χ1) is 16.0. The van der Waals surface area contributed by atoms with E-state index >= 15 is 0 Å². The van der Waals surface area contributed by atoms with Gasteiger partial charge >= 0.3 is 0 Å². The zero-order valence-corrected chi connectivity index (χ0v) is 19.6. The fraction of sp³-hybridized carbons (Fsp3) is 0.280. The summed E-state index contributed by atoms with van der Waals surface area (Å²) in [6.07, 6.45) is 0.863. The minimum absolute atomic E-state index is 0.0639. The van der Waals surface area contributed by atoms with Crippen molar-refractivity contribution in [2.45, 2.75) is 32.7 Å². The van der Waals surface area contributed by atoms with Gasteiger partial charge < -0.3 is 15.5 Å². The van der Waals surface area contributed by atoms with Crippen molar-refractivity contribution in [1.29, 1.82) is 0 Å². The average Bonchev–Trinajstić information content (AvgIpc) is 3.25. The number of carbonyl (C=O) groups is 3.